The van der Waals surface area contributed by atoms with Crippen LogP contribution in [0.4, 0.5) is 0 Å². The Morgan fingerprint density at radius 3 is 2.60 bits per heavy atom. The number of nitrogens with one attached hydrogen (secondary N) is 1. The lowest BCUT2D eigenvalue weighted by Gasteiger charge is -2.20. The van der Waals surface area contributed by atoms with Crippen LogP contribution in [0.3, 0.4) is 0 Å². The van der Waals surface area contributed by atoms with Crippen molar-refractivity contribution in [1.29, 1.82) is 0 Å². The molecule has 1 aliphatic heterocycles. The number of nitrogens with zero attached hydrogens (tertiary/aromatic N) is 1. The second-order valence-electron chi connectivity index (χ2n) is 5.21. The summed E-state index contributed by atoms with van der Waals surface area (Å²) in [7, 11) is 1.67. The SMILES string of the molecule is COc1ccccc1CNCC(=O)N1CCCCCC1. The van der Waals surface area contributed by atoms with Crippen molar-refractivity contribution in [3.05, 3.63) is 29.8 Å². The van der Waals surface area contributed by atoms with Crippen LogP contribution in [-0.2, 0) is 11.3 Å². The zero-order valence-electron chi connectivity index (χ0n) is 12.2. The second-order valence-corrected chi connectivity index (χ2v) is 5.21. The Morgan fingerprint density at radius 2 is 1.90 bits per heavy atom. The third-order valence-electron chi connectivity index (χ3n) is 3.74. The number of amides is 1. The molecule has 110 valence electrons. The molecule has 1 saturated heterocycles. The van der Waals surface area contributed by atoms with Gasteiger partial charge in [0.25, 0.3) is 0 Å². The lowest BCUT2D eigenvalue weighted by atomic mass is 10.2. The molecule has 1 N–H and O–H groups in total. The van der Waals surface area contributed by atoms with Gasteiger partial charge < -0.3 is 15.0 Å². The molecule has 2 rings (SSSR count). The van der Waals surface area contributed by atoms with Crippen LogP contribution in [0.5, 0.6) is 5.75 Å². The Labute approximate surface area is 121 Å². The number of para-hydroxylation sites is 1. The minimum absolute atomic E-state index is 0.210. The van der Waals surface area contributed by atoms with Crippen LogP contribution in [0.25, 0.3) is 0 Å². The van der Waals surface area contributed by atoms with Gasteiger partial charge in [-0.05, 0) is 18.9 Å². The number of carbonyl (C=O) groups excluding carboxylic acids is 1. The molecule has 4 heteroatoms. The monoisotopic (exact) mass is 276 g/mol. The van der Waals surface area contributed by atoms with E-state index in [9.17, 15) is 4.79 Å². The second kappa shape index (κ2) is 7.90. The molecule has 0 atom stereocenters. The first kappa shape index (κ1) is 14.9. The van der Waals surface area contributed by atoms with E-state index < -0.39 is 0 Å². The third kappa shape index (κ3) is 4.23. The quantitative estimate of drug-likeness (QED) is 0.896. The first-order chi connectivity index (χ1) is 9.81. The van der Waals surface area contributed by atoms with Gasteiger partial charge in [0.05, 0.1) is 13.7 Å². The zero-order valence-corrected chi connectivity index (χ0v) is 12.2. The van der Waals surface area contributed by atoms with E-state index in [1.54, 1.807) is 7.11 Å². The predicted octanol–water partition coefficient (Wildman–Crippen LogP) is 2.19. The summed E-state index contributed by atoms with van der Waals surface area (Å²) in [6.07, 6.45) is 4.77. The van der Waals surface area contributed by atoms with Crippen LogP contribution < -0.4 is 10.1 Å². The highest BCUT2D eigenvalue weighted by molar-refractivity contribution is 5.78. The van der Waals surface area contributed by atoms with Crippen LogP contribution in [0.2, 0.25) is 0 Å². The van der Waals surface area contributed by atoms with E-state index in [2.05, 4.69) is 5.32 Å². The van der Waals surface area contributed by atoms with Gasteiger partial charge in [-0.25, -0.2) is 0 Å². The molecule has 0 radical (unpaired) electrons. The minimum atomic E-state index is 0.210. The van der Waals surface area contributed by atoms with E-state index in [0.29, 0.717) is 13.1 Å². The van der Waals surface area contributed by atoms with Gasteiger partial charge in [0, 0.05) is 25.2 Å². The Morgan fingerprint density at radius 1 is 1.20 bits per heavy atom. The number of methoxy groups -OCH3 is 1. The Bertz CT molecular complexity index is 426. The molecule has 4 nitrogen and oxygen atoms in total. The van der Waals surface area contributed by atoms with Crippen molar-refractivity contribution >= 4 is 5.91 Å². The lowest BCUT2D eigenvalue weighted by molar-refractivity contribution is -0.130. The summed E-state index contributed by atoms with van der Waals surface area (Å²) in [6.45, 7) is 2.88. The van der Waals surface area contributed by atoms with E-state index in [1.807, 2.05) is 29.2 Å². The molecule has 1 aromatic carbocycles. The molecule has 1 heterocycles. The summed E-state index contributed by atoms with van der Waals surface area (Å²) in [4.78, 5) is 14.1. The third-order valence-corrected chi connectivity index (χ3v) is 3.74. The fourth-order valence-corrected chi connectivity index (χ4v) is 2.58. The van der Waals surface area contributed by atoms with E-state index in [1.165, 1.54) is 12.8 Å². The summed E-state index contributed by atoms with van der Waals surface area (Å²) in [5.41, 5.74) is 1.08. The molecule has 1 aliphatic rings. The van der Waals surface area contributed by atoms with Crippen molar-refractivity contribution in [2.24, 2.45) is 0 Å². The van der Waals surface area contributed by atoms with Crippen LogP contribution in [0, 0.1) is 0 Å². The average Bonchev–Trinajstić information content (AvgIpc) is 2.77. The molecule has 0 unspecified atom stereocenters. The Kier molecular flexibility index (Phi) is 5.87. The molecule has 0 aromatic heterocycles. The summed E-state index contributed by atoms with van der Waals surface area (Å²) in [5.74, 6) is 1.07. The fraction of sp³-hybridized carbons (Fsp3) is 0.562. The molecule has 20 heavy (non-hydrogen) atoms. The van der Waals surface area contributed by atoms with Gasteiger partial charge >= 0.3 is 0 Å². The molecule has 1 amide bonds. The van der Waals surface area contributed by atoms with Gasteiger partial charge in [0.1, 0.15) is 5.75 Å². The Hall–Kier alpha value is -1.55. The zero-order chi connectivity index (χ0) is 14.2. The average molecular weight is 276 g/mol. The Balaban J connectivity index is 1.78. The molecule has 0 saturated carbocycles. The first-order valence-electron chi connectivity index (χ1n) is 7.41. The van der Waals surface area contributed by atoms with Crippen molar-refractivity contribution in [3.8, 4) is 5.75 Å². The van der Waals surface area contributed by atoms with Gasteiger partial charge in [0.15, 0.2) is 0 Å². The fourth-order valence-electron chi connectivity index (χ4n) is 2.58. The van der Waals surface area contributed by atoms with Crippen LogP contribution in [0.15, 0.2) is 24.3 Å². The molecule has 0 aliphatic carbocycles. The van der Waals surface area contributed by atoms with Crippen LogP contribution >= 0.6 is 0 Å². The maximum absolute atomic E-state index is 12.1. The number of ether oxygens (including phenoxy) is 1. The summed E-state index contributed by atoms with van der Waals surface area (Å²) >= 11 is 0. The predicted molar refractivity (Wildman–Crippen MR) is 79.7 cm³/mol. The summed E-state index contributed by atoms with van der Waals surface area (Å²) < 4.78 is 5.30. The largest absolute Gasteiger partial charge is 0.496 e. The van der Waals surface area contributed by atoms with Gasteiger partial charge in [-0.3, -0.25) is 4.79 Å². The van der Waals surface area contributed by atoms with Crippen molar-refractivity contribution in [2.45, 2.75) is 32.2 Å². The number of hydrogen-bond acceptors (Lipinski definition) is 3. The van der Waals surface area contributed by atoms with E-state index in [0.717, 1.165) is 37.2 Å². The van der Waals surface area contributed by atoms with Crippen LogP contribution in [-0.4, -0.2) is 37.6 Å². The molecule has 0 bridgehead atoms. The minimum Gasteiger partial charge on any atom is -0.496 e. The maximum Gasteiger partial charge on any atom is 0.236 e. The number of likely N-dealkylation sites (tertiary alicyclic amines) is 1. The van der Waals surface area contributed by atoms with Gasteiger partial charge in [0.2, 0.25) is 5.91 Å². The number of hydrogen-bond donors (Lipinski definition) is 1. The van der Waals surface area contributed by atoms with Crippen molar-refractivity contribution in [1.82, 2.24) is 10.2 Å². The molecular formula is C16H24N2O2. The topological polar surface area (TPSA) is 41.6 Å². The highest BCUT2D eigenvalue weighted by Crippen LogP contribution is 2.16. The number of rotatable bonds is 5. The van der Waals surface area contributed by atoms with Gasteiger partial charge in [-0.15, -0.1) is 0 Å². The summed E-state index contributed by atoms with van der Waals surface area (Å²) in [6, 6.07) is 7.89. The van der Waals surface area contributed by atoms with Crippen molar-refractivity contribution < 1.29 is 9.53 Å². The molecule has 0 spiro atoms. The maximum atomic E-state index is 12.1. The van der Waals surface area contributed by atoms with Gasteiger partial charge in [-0.2, -0.15) is 0 Å². The first-order valence-corrected chi connectivity index (χ1v) is 7.41. The lowest BCUT2D eigenvalue weighted by Crippen LogP contribution is -2.38. The smallest absolute Gasteiger partial charge is 0.236 e. The molecule has 1 aromatic rings. The number of carbonyl (C=O) groups is 1. The highest BCUT2D eigenvalue weighted by Gasteiger charge is 2.14. The normalized spacial score (nSPS) is 15.8. The van der Waals surface area contributed by atoms with E-state index >= 15 is 0 Å². The highest BCUT2D eigenvalue weighted by atomic mass is 16.5. The van der Waals surface area contributed by atoms with Crippen LogP contribution in [0.1, 0.15) is 31.2 Å². The van der Waals surface area contributed by atoms with E-state index in [-0.39, 0.29) is 5.91 Å². The van der Waals surface area contributed by atoms with Crippen molar-refractivity contribution in [3.63, 3.8) is 0 Å². The van der Waals surface area contributed by atoms with Crippen molar-refractivity contribution in [2.75, 3.05) is 26.7 Å². The van der Waals surface area contributed by atoms with Gasteiger partial charge in [-0.1, -0.05) is 31.0 Å². The molecular weight excluding hydrogens is 252 g/mol. The molecule has 1 fully saturated rings. The van der Waals surface area contributed by atoms with E-state index in [4.69, 9.17) is 4.74 Å². The summed E-state index contributed by atoms with van der Waals surface area (Å²) in [5, 5.41) is 3.22. The number of benzene rings is 1. The standard InChI is InChI=1S/C16H24N2O2/c1-20-15-9-5-4-8-14(15)12-17-13-16(19)18-10-6-2-3-7-11-18/h4-5,8-9,17H,2-3,6-7,10-13H2,1H3.